The van der Waals surface area contributed by atoms with E-state index in [2.05, 4.69) is 25.7 Å². The first kappa shape index (κ1) is 21.0. The van der Waals surface area contributed by atoms with E-state index in [0.29, 0.717) is 17.4 Å². The molecule has 28 heavy (non-hydrogen) atoms. The van der Waals surface area contributed by atoms with Gasteiger partial charge in [0.05, 0.1) is 12.7 Å². The summed E-state index contributed by atoms with van der Waals surface area (Å²) >= 11 is 0. The minimum atomic E-state index is -0.881. The standard InChI is InChI=1S/C24H32F2O2/c1-3-5-6-20-12-11-19(16-28-20)17-7-9-18(10-8-17)21-13-14-22(27-15-4-2)24(26)23(21)25/h4-6,13-14,17-20H,2-3,7-12,15-16H2,1H3/b6-5+. The minimum Gasteiger partial charge on any atom is -0.486 e. The zero-order valence-electron chi connectivity index (χ0n) is 16.8. The van der Waals surface area contributed by atoms with Crippen LogP contribution in [0, 0.1) is 23.5 Å². The maximum absolute atomic E-state index is 14.6. The Morgan fingerprint density at radius 2 is 1.82 bits per heavy atom. The minimum absolute atomic E-state index is 0.0409. The van der Waals surface area contributed by atoms with E-state index >= 15 is 0 Å². The van der Waals surface area contributed by atoms with E-state index in [1.807, 2.05) is 0 Å². The zero-order chi connectivity index (χ0) is 19.9. The van der Waals surface area contributed by atoms with Gasteiger partial charge in [0.2, 0.25) is 5.82 Å². The Morgan fingerprint density at radius 3 is 2.46 bits per heavy atom. The van der Waals surface area contributed by atoms with E-state index in [-0.39, 0.29) is 24.4 Å². The van der Waals surface area contributed by atoms with Crippen molar-refractivity contribution in [2.75, 3.05) is 13.2 Å². The second-order valence-corrected chi connectivity index (χ2v) is 8.04. The summed E-state index contributed by atoms with van der Waals surface area (Å²) in [5.74, 6) is -0.353. The van der Waals surface area contributed by atoms with E-state index in [4.69, 9.17) is 9.47 Å². The maximum atomic E-state index is 14.6. The second-order valence-electron chi connectivity index (χ2n) is 8.04. The maximum Gasteiger partial charge on any atom is 0.200 e. The molecule has 0 radical (unpaired) electrons. The number of allylic oxidation sites excluding steroid dienone is 1. The number of hydrogen-bond acceptors (Lipinski definition) is 2. The highest BCUT2D eigenvalue weighted by molar-refractivity contribution is 5.33. The lowest BCUT2D eigenvalue weighted by atomic mass is 9.72. The van der Waals surface area contributed by atoms with Crippen molar-refractivity contribution < 1.29 is 18.3 Å². The van der Waals surface area contributed by atoms with Gasteiger partial charge in [-0.2, -0.15) is 4.39 Å². The third-order valence-corrected chi connectivity index (χ3v) is 6.24. The van der Waals surface area contributed by atoms with Crippen molar-refractivity contribution in [2.24, 2.45) is 11.8 Å². The van der Waals surface area contributed by atoms with Gasteiger partial charge in [-0.05, 0) is 74.3 Å². The molecule has 2 atom stereocenters. The summed E-state index contributed by atoms with van der Waals surface area (Å²) < 4.78 is 40.0. The first-order valence-electron chi connectivity index (χ1n) is 10.6. The number of ether oxygens (including phenoxy) is 2. The molecule has 1 aromatic carbocycles. The molecule has 2 fully saturated rings. The van der Waals surface area contributed by atoms with Gasteiger partial charge >= 0.3 is 0 Å². The van der Waals surface area contributed by atoms with Gasteiger partial charge in [-0.3, -0.25) is 0 Å². The largest absolute Gasteiger partial charge is 0.486 e. The molecule has 0 N–H and O–H groups in total. The Labute approximate surface area is 167 Å². The first-order valence-corrected chi connectivity index (χ1v) is 10.6. The van der Waals surface area contributed by atoms with Gasteiger partial charge < -0.3 is 9.47 Å². The van der Waals surface area contributed by atoms with Crippen LogP contribution in [0.1, 0.15) is 63.4 Å². The van der Waals surface area contributed by atoms with Crippen molar-refractivity contribution in [3.05, 3.63) is 54.1 Å². The molecule has 1 saturated carbocycles. The molecule has 2 unspecified atom stereocenters. The molecule has 2 nitrogen and oxygen atoms in total. The summed E-state index contributed by atoms with van der Waals surface area (Å²) in [6.45, 7) is 6.66. The van der Waals surface area contributed by atoms with Crippen LogP contribution in [0.3, 0.4) is 0 Å². The molecule has 1 aromatic rings. The molecule has 1 aliphatic heterocycles. The monoisotopic (exact) mass is 390 g/mol. The second kappa shape index (κ2) is 10.2. The first-order chi connectivity index (χ1) is 13.6. The van der Waals surface area contributed by atoms with Crippen molar-refractivity contribution in [2.45, 2.75) is 63.9 Å². The van der Waals surface area contributed by atoms with E-state index in [1.54, 1.807) is 12.1 Å². The van der Waals surface area contributed by atoms with Crippen LogP contribution in [0.2, 0.25) is 0 Å². The van der Waals surface area contributed by atoms with Crippen molar-refractivity contribution >= 4 is 0 Å². The molecule has 154 valence electrons. The highest BCUT2D eigenvalue weighted by atomic mass is 19.2. The fourth-order valence-electron chi connectivity index (χ4n) is 4.63. The van der Waals surface area contributed by atoms with E-state index < -0.39 is 11.6 Å². The normalized spacial score (nSPS) is 28.4. The van der Waals surface area contributed by atoms with Crippen LogP contribution in [0.25, 0.3) is 0 Å². The lowest BCUT2D eigenvalue weighted by Crippen LogP contribution is -2.31. The highest BCUT2D eigenvalue weighted by Gasteiger charge is 2.32. The summed E-state index contributed by atoms with van der Waals surface area (Å²) in [6.07, 6.45) is 13.4. The van der Waals surface area contributed by atoms with Crippen LogP contribution in [0.5, 0.6) is 5.75 Å². The average molecular weight is 391 g/mol. The summed E-state index contributed by atoms with van der Waals surface area (Å²) in [7, 11) is 0. The van der Waals surface area contributed by atoms with Crippen LogP contribution in [-0.2, 0) is 4.74 Å². The molecule has 0 bridgehead atoms. The highest BCUT2D eigenvalue weighted by Crippen LogP contribution is 2.42. The topological polar surface area (TPSA) is 18.5 Å². The predicted molar refractivity (Wildman–Crippen MR) is 109 cm³/mol. The molecule has 1 aliphatic carbocycles. The molecular weight excluding hydrogens is 358 g/mol. The molecule has 0 aromatic heterocycles. The van der Waals surface area contributed by atoms with Gasteiger partial charge in [-0.25, -0.2) is 4.39 Å². The number of benzene rings is 1. The van der Waals surface area contributed by atoms with Crippen LogP contribution >= 0.6 is 0 Å². The van der Waals surface area contributed by atoms with Crippen LogP contribution in [0.15, 0.2) is 36.9 Å². The summed E-state index contributed by atoms with van der Waals surface area (Å²) in [4.78, 5) is 0. The number of hydrogen-bond donors (Lipinski definition) is 0. The smallest absolute Gasteiger partial charge is 0.200 e. The van der Waals surface area contributed by atoms with Gasteiger partial charge in [-0.15, -0.1) is 0 Å². The SMILES string of the molecule is C=CCOc1ccc(C2CCC(C3CCC(/C=C/CC)OC3)CC2)c(F)c1F. The van der Waals surface area contributed by atoms with Crippen LogP contribution < -0.4 is 4.74 Å². The zero-order valence-corrected chi connectivity index (χ0v) is 16.8. The lowest BCUT2D eigenvalue weighted by molar-refractivity contribution is -0.0150. The quantitative estimate of drug-likeness (QED) is 0.491. The van der Waals surface area contributed by atoms with Gasteiger partial charge in [0.1, 0.15) is 6.61 Å². The molecule has 3 rings (SSSR count). The predicted octanol–water partition coefficient (Wildman–Crippen LogP) is 6.56. The Morgan fingerprint density at radius 1 is 1.07 bits per heavy atom. The van der Waals surface area contributed by atoms with Gasteiger partial charge in [0.25, 0.3) is 0 Å². The van der Waals surface area contributed by atoms with E-state index in [1.165, 1.54) is 12.5 Å². The Hall–Kier alpha value is -1.68. The summed E-state index contributed by atoms with van der Waals surface area (Å²) in [5, 5.41) is 0. The molecule has 0 spiro atoms. The van der Waals surface area contributed by atoms with Gasteiger partial charge in [0, 0.05) is 0 Å². The molecule has 4 heteroatoms. The van der Waals surface area contributed by atoms with Crippen molar-refractivity contribution in [1.29, 1.82) is 0 Å². The van der Waals surface area contributed by atoms with E-state index in [0.717, 1.165) is 45.1 Å². The average Bonchev–Trinajstić information content (AvgIpc) is 2.74. The Bertz CT molecular complexity index is 669. The van der Waals surface area contributed by atoms with Crippen molar-refractivity contribution in [3.63, 3.8) is 0 Å². The third-order valence-electron chi connectivity index (χ3n) is 6.24. The third kappa shape index (κ3) is 5.02. The van der Waals surface area contributed by atoms with E-state index in [9.17, 15) is 8.78 Å². The summed E-state index contributed by atoms with van der Waals surface area (Å²) in [6, 6.07) is 3.23. The summed E-state index contributed by atoms with van der Waals surface area (Å²) in [5.41, 5.74) is 0.492. The molecule has 1 heterocycles. The Kier molecular flexibility index (Phi) is 7.66. The number of rotatable bonds is 7. The molecule has 2 aliphatic rings. The fraction of sp³-hybridized carbons (Fsp3) is 0.583. The molecule has 0 amide bonds. The lowest BCUT2D eigenvalue weighted by Gasteiger charge is -2.37. The Balaban J connectivity index is 1.54. The van der Waals surface area contributed by atoms with Crippen LogP contribution in [0.4, 0.5) is 8.78 Å². The van der Waals surface area contributed by atoms with Gasteiger partial charge in [-0.1, -0.05) is 37.8 Å². The van der Waals surface area contributed by atoms with Crippen LogP contribution in [-0.4, -0.2) is 19.3 Å². The fourth-order valence-corrected chi connectivity index (χ4v) is 4.63. The van der Waals surface area contributed by atoms with Crippen molar-refractivity contribution in [1.82, 2.24) is 0 Å². The molecule has 1 saturated heterocycles. The van der Waals surface area contributed by atoms with Crippen molar-refractivity contribution in [3.8, 4) is 5.75 Å². The molecular formula is C24H32F2O2. The van der Waals surface area contributed by atoms with Gasteiger partial charge in [0.15, 0.2) is 11.6 Å². The number of halogens is 2.